The van der Waals surface area contributed by atoms with Gasteiger partial charge in [-0.3, -0.25) is 9.78 Å². The van der Waals surface area contributed by atoms with Gasteiger partial charge >= 0.3 is 0 Å². The van der Waals surface area contributed by atoms with Crippen molar-refractivity contribution in [1.82, 2.24) is 10.3 Å². The molecule has 0 bridgehead atoms. The molecule has 0 spiro atoms. The van der Waals surface area contributed by atoms with E-state index < -0.39 is 0 Å². The van der Waals surface area contributed by atoms with Crippen LogP contribution >= 0.6 is 0 Å². The van der Waals surface area contributed by atoms with Crippen molar-refractivity contribution in [1.29, 1.82) is 0 Å². The summed E-state index contributed by atoms with van der Waals surface area (Å²) in [5.41, 5.74) is 2.08. The van der Waals surface area contributed by atoms with Crippen LogP contribution in [0, 0.1) is 17.3 Å². The standard InChI is InChI=1S/C20H31N3O/c1-13-17(14-8-5-6-9-14)22-15-10-7-11-21-19(15)18(13)23-16(24)12-20(2,3)4/h7,10-11,13-14,17-18,22H,5-6,8-9,12H2,1-4H3,(H,23,24)/t13-,17?,18+/m0/s1. The highest BCUT2D eigenvalue weighted by Gasteiger charge is 2.40. The number of carbonyl (C=O) groups is 1. The summed E-state index contributed by atoms with van der Waals surface area (Å²) in [5, 5.41) is 7.02. The van der Waals surface area contributed by atoms with Gasteiger partial charge in [-0.05, 0) is 36.3 Å². The highest BCUT2D eigenvalue weighted by atomic mass is 16.1. The Bertz CT molecular complexity index is 587. The first-order chi connectivity index (χ1) is 11.3. The number of fused-ring (bicyclic) bond motifs is 1. The van der Waals surface area contributed by atoms with Gasteiger partial charge in [-0.2, -0.15) is 0 Å². The zero-order chi connectivity index (χ0) is 17.3. The minimum atomic E-state index is -0.00195. The zero-order valence-corrected chi connectivity index (χ0v) is 15.4. The Labute approximate surface area is 145 Å². The highest BCUT2D eigenvalue weighted by molar-refractivity contribution is 5.77. The average molecular weight is 329 g/mol. The van der Waals surface area contributed by atoms with E-state index in [1.807, 2.05) is 12.3 Å². The second-order valence-electron chi connectivity index (χ2n) is 8.79. The predicted molar refractivity (Wildman–Crippen MR) is 97.7 cm³/mol. The van der Waals surface area contributed by atoms with E-state index in [4.69, 9.17) is 0 Å². The van der Waals surface area contributed by atoms with Crippen molar-refractivity contribution in [2.45, 2.75) is 71.9 Å². The van der Waals surface area contributed by atoms with Crippen LogP contribution in [0.1, 0.15) is 71.5 Å². The van der Waals surface area contributed by atoms with E-state index in [9.17, 15) is 4.79 Å². The molecule has 4 heteroatoms. The highest BCUT2D eigenvalue weighted by Crippen LogP contribution is 2.42. The van der Waals surface area contributed by atoms with Crippen LogP contribution in [-0.4, -0.2) is 16.9 Å². The predicted octanol–water partition coefficient (Wildman–Crippen LogP) is 4.30. The maximum Gasteiger partial charge on any atom is 0.221 e. The van der Waals surface area contributed by atoms with Crippen LogP contribution in [0.4, 0.5) is 5.69 Å². The van der Waals surface area contributed by atoms with Gasteiger partial charge in [0.25, 0.3) is 0 Å². The Hall–Kier alpha value is -1.58. The van der Waals surface area contributed by atoms with Gasteiger partial charge < -0.3 is 10.6 Å². The molecular formula is C20H31N3O. The molecule has 1 aliphatic heterocycles. The molecule has 0 radical (unpaired) electrons. The fourth-order valence-electron chi connectivity index (χ4n) is 4.32. The first-order valence-electron chi connectivity index (χ1n) is 9.36. The Balaban J connectivity index is 1.83. The normalized spacial score (nSPS) is 27.4. The quantitative estimate of drug-likeness (QED) is 0.869. The lowest BCUT2D eigenvalue weighted by molar-refractivity contribution is -0.124. The third-order valence-corrected chi connectivity index (χ3v) is 5.46. The second-order valence-corrected chi connectivity index (χ2v) is 8.79. The maximum atomic E-state index is 12.6. The molecule has 1 saturated carbocycles. The van der Waals surface area contributed by atoms with E-state index in [1.54, 1.807) is 0 Å². The molecule has 1 amide bonds. The number of anilines is 1. The molecule has 1 aliphatic carbocycles. The number of pyridine rings is 1. The van der Waals surface area contributed by atoms with Crippen molar-refractivity contribution in [3.05, 3.63) is 24.0 Å². The zero-order valence-electron chi connectivity index (χ0n) is 15.4. The molecule has 0 saturated heterocycles. The lowest BCUT2D eigenvalue weighted by Gasteiger charge is -2.41. The van der Waals surface area contributed by atoms with Crippen LogP contribution in [0.5, 0.6) is 0 Å². The smallest absolute Gasteiger partial charge is 0.221 e. The summed E-state index contributed by atoms with van der Waals surface area (Å²) in [7, 11) is 0. The second kappa shape index (κ2) is 6.73. The van der Waals surface area contributed by atoms with E-state index in [1.165, 1.54) is 25.7 Å². The molecule has 1 fully saturated rings. The molecule has 1 unspecified atom stereocenters. The third-order valence-electron chi connectivity index (χ3n) is 5.46. The van der Waals surface area contributed by atoms with Gasteiger partial charge in [-0.25, -0.2) is 0 Å². The third kappa shape index (κ3) is 3.73. The van der Waals surface area contributed by atoms with E-state index in [0.29, 0.717) is 24.3 Å². The van der Waals surface area contributed by atoms with Gasteiger partial charge in [0, 0.05) is 24.6 Å². The summed E-state index contributed by atoms with van der Waals surface area (Å²) in [6.07, 6.45) is 7.61. The van der Waals surface area contributed by atoms with Crippen LogP contribution in [-0.2, 0) is 4.79 Å². The Morgan fingerprint density at radius 1 is 1.33 bits per heavy atom. The van der Waals surface area contributed by atoms with Crippen molar-refractivity contribution < 1.29 is 4.79 Å². The number of hydrogen-bond acceptors (Lipinski definition) is 3. The Morgan fingerprint density at radius 3 is 2.71 bits per heavy atom. The van der Waals surface area contributed by atoms with Crippen LogP contribution < -0.4 is 10.6 Å². The first-order valence-corrected chi connectivity index (χ1v) is 9.36. The monoisotopic (exact) mass is 329 g/mol. The molecule has 24 heavy (non-hydrogen) atoms. The van der Waals surface area contributed by atoms with Gasteiger partial charge in [0.1, 0.15) is 0 Å². The molecule has 0 aromatic carbocycles. The Kier molecular flexibility index (Phi) is 4.84. The number of nitrogens with one attached hydrogen (secondary N) is 2. The molecule has 2 N–H and O–H groups in total. The van der Waals surface area contributed by atoms with Crippen LogP contribution in [0.15, 0.2) is 18.3 Å². The molecule has 1 aromatic heterocycles. The van der Waals surface area contributed by atoms with Gasteiger partial charge in [0.2, 0.25) is 5.91 Å². The summed E-state index contributed by atoms with van der Waals surface area (Å²) < 4.78 is 0. The van der Waals surface area contributed by atoms with Crippen LogP contribution in [0.3, 0.4) is 0 Å². The van der Waals surface area contributed by atoms with Crippen molar-refractivity contribution in [2.75, 3.05) is 5.32 Å². The van der Waals surface area contributed by atoms with E-state index >= 15 is 0 Å². The molecule has 3 atom stereocenters. The lowest BCUT2D eigenvalue weighted by atomic mass is 9.79. The van der Waals surface area contributed by atoms with Gasteiger partial charge in [0.05, 0.1) is 17.4 Å². The minimum Gasteiger partial charge on any atom is -0.380 e. The van der Waals surface area contributed by atoms with E-state index in [2.05, 4.69) is 49.4 Å². The number of carbonyl (C=O) groups excluding carboxylic acids is 1. The fraction of sp³-hybridized carbons (Fsp3) is 0.700. The fourth-order valence-corrected chi connectivity index (χ4v) is 4.32. The molecule has 3 rings (SSSR count). The molecule has 132 valence electrons. The summed E-state index contributed by atoms with van der Waals surface area (Å²) in [6.45, 7) is 8.57. The Morgan fingerprint density at radius 2 is 2.04 bits per heavy atom. The number of rotatable bonds is 3. The molecule has 2 aliphatic rings. The number of hydrogen-bond donors (Lipinski definition) is 2. The van der Waals surface area contributed by atoms with Crippen molar-refractivity contribution in [3.63, 3.8) is 0 Å². The van der Waals surface area contributed by atoms with E-state index in [-0.39, 0.29) is 17.4 Å². The minimum absolute atomic E-state index is 0.00195. The van der Waals surface area contributed by atoms with Gasteiger partial charge in [0.15, 0.2) is 0 Å². The summed E-state index contributed by atoms with van der Waals surface area (Å²) in [4.78, 5) is 17.1. The molecule has 1 aromatic rings. The summed E-state index contributed by atoms with van der Waals surface area (Å²) in [6, 6.07) is 4.49. The van der Waals surface area contributed by atoms with Gasteiger partial charge in [-0.1, -0.05) is 40.5 Å². The topological polar surface area (TPSA) is 54.0 Å². The van der Waals surface area contributed by atoms with Crippen molar-refractivity contribution in [3.8, 4) is 0 Å². The van der Waals surface area contributed by atoms with Crippen LogP contribution in [0.25, 0.3) is 0 Å². The molecule has 4 nitrogen and oxygen atoms in total. The SMILES string of the molecule is C[C@H]1C(C2CCCC2)Nc2cccnc2[C@@H]1NC(=O)CC(C)(C)C. The summed E-state index contributed by atoms with van der Waals surface area (Å²) >= 11 is 0. The number of amides is 1. The lowest BCUT2D eigenvalue weighted by Crippen LogP contribution is -2.47. The largest absolute Gasteiger partial charge is 0.380 e. The summed E-state index contributed by atoms with van der Waals surface area (Å²) in [5.74, 6) is 1.18. The van der Waals surface area contributed by atoms with E-state index in [0.717, 1.165) is 11.4 Å². The molecule has 2 heterocycles. The molecular weight excluding hydrogens is 298 g/mol. The van der Waals surface area contributed by atoms with Crippen molar-refractivity contribution >= 4 is 11.6 Å². The van der Waals surface area contributed by atoms with Crippen molar-refractivity contribution in [2.24, 2.45) is 17.3 Å². The maximum absolute atomic E-state index is 12.6. The average Bonchev–Trinajstić information content (AvgIpc) is 3.02. The number of aromatic nitrogens is 1. The first kappa shape index (κ1) is 17.2. The van der Waals surface area contributed by atoms with Crippen LogP contribution in [0.2, 0.25) is 0 Å². The number of nitrogens with zero attached hydrogens (tertiary/aromatic N) is 1. The van der Waals surface area contributed by atoms with Gasteiger partial charge in [-0.15, -0.1) is 0 Å².